The first kappa shape index (κ1) is 27.2. The minimum Gasteiger partial charge on any atom is -0.256 e. The molecular weight excluding hydrogens is 517 g/mol. The average molecular weight is 554 g/mol. The standard InChI is InChI=1S/C41H36BN/c1-25-18-27(3)40(28(4)19-25)42(41-29(5)20-26(2)21-30(41)6)35-12-9-11-32(22-35)33-16-17-37-38(23-33)43-24-34-15-14-31-10-7-8-13-36(31)39(34)37/h7-24H,1-6H3. The Morgan fingerprint density at radius 2 is 1.09 bits per heavy atom. The number of rotatable bonds is 4. The van der Waals surface area contributed by atoms with E-state index in [2.05, 4.69) is 145 Å². The van der Waals surface area contributed by atoms with Gasteiger partial charge in [0, 0.05) is 22.4 Å². The fraction of sp³-hybridized carbons (Fsp3) is 0.146. The maximum absolute atomic E-state index is 4.92. The van der Waals surface area contributed by atoms with Crippen molar-refractivity contribution in [3.05, 3.63) is 143 Å². The van der Waals surface area contributed by atoms with Crippen LogP contribution in [0.5, 0.6) is 0 Å². The molecule has 0 unspecified atom stereocenters. The number of aromatic nitrogens is 1. The topological polar surface area (TPSA) is 12.9 Å². The smallest absolute Gasteiger partial charge is 0.242 e. The third-order valence-corrected chi connectivity index (χ3v) is 9.18. The summed E-state index contributed by atoms with van der Waals surface area (Å²) >= 11 is 0. The van der Waals surface area contributed by atoms with Crippen molar-refractivity contribution >= 4 is 55.5 Å². The molecular formula is C41H36BN. The molecule has 0 saturated heterocycles. The predicted molar refractivity (Wildman–Crippen MR) is 188 cm³/mol. The Hall–Kier alpha value is -4.69. The van der Waals surface area contributed by atoms with Crippen molar-refractivity contribution in [3.8, 4) is 11.1 Å². The molecule has 7 rings (SSSR count). The Balaban J connectivity index is 1.42. The fourth-order valence-electron chi connectivity index (χ4n) is 7.53. The predicted octanol–water partition coefficient (Wildman–Crippen LogP) is 8.57. The molecule has 0 aliphatic carbocycles. The summed E-state index contributed by atoms with van der Waals surface area (Å²) in [5.41, 5.74) is 15.6. The van der Waals surface area contributed by atoms with Crippen molar-refractivity contribution in [1.82, 2.24) is 4.98 Å². The highest BCUT2D eigenvalue weighted by atomic mass is 14.6. The number of pyridine rings is 1. The maximum atomic E-state index is 4.92. The second kappa shape index (κ2) is 10.5. The molecule has 7 aromatic rings. The summed E-state index contributed by atoms with van der Waals surface area (Å²) in [7, 11) is 0. The quantitative estimate of drug-likeness (QED) is 0.157. The van der Waals surface area contributed by atoms with Crippen LogP contribution in [0.1, 0.15) is 33.4 Å². The SMILES string of the molecule is Cc1cc(C)c(B(c2cccc(-c3ccc4c(c3)ncc3ccc5ccccc5c34)c2)c2c(C)cc(C)cc2C)c(C)c1. The average Bonchev–Trinajstić information content (AvgIpc) is 2.98. The van der Waals surface area contributed by atoms with E-state index in [4.69, 9.17) is 4.98 Å². The van der Waals surface area contributed by atoms with Crippen LogP contribution < -0.4 is 16.4 Å². The Bertz CT molecular complexity index is 2100. The normalized spacial score (nSPS) is 11.5. The van der Waals surface area contributed by atoms with E-state index in [1.165, 1.54) is 87.8 Å². The molecule has 6 aromatic carbocycles. The Morgan fingerprint density at radius 1 is 0.488 bits per heavy atom. The molecule has 0 aliphatic heterocycles. The van der Waals surface area contributed by atoms with Gasteiger partial charge < -0.3 is 0 Å². The number of benzene rings is 6. The first-order valence-electron chi connectivity index (χ1n) is 15.2. The van der Waals surface area contributed by atoms with Gasteiger partial charge in [-0.2, -0.15) is 0 Å². The van der Waals surface area contributed by atoms with Crippen molar-refractivity contribution in [2.75, 3.05) is 0 Å². The van der Waals surface area contributed by atoms with E-state index in [9.17, 15) is 0 Å². The molecule has 0 saturated carbocycles. The molecule has 0 aliphatic rings. The Morgan fingerprint density at radius 3 is 1.77 bits per heavy atom. The van der Waals surface area contributed by atoms with Crippen LogP contribution in [0, 0.1) is 41.5 Å². The molecule has 43 heavy (non-hydrogen) atoms. The van der Waals surface area contributed by atoms with Gasteiger partial charge in [0.15, 0.2) is 0 Å². The number of hydrogen-bond acceptors (Lipinski definition) is 1. The lowest BCUT2D eigenvalue weighted by molar-refractivity contribution is 1.34. The van der Waals surface area contributed by atoms with Gasteiger partial charge >= 0.3 is 0 Å². The number of aryl methyl sites for hydroxylation is 6. The lowest BCUT2D eigenvalue weighted by atomic mass is 9.34. The molecule has 0 N–H and O–H groups in total. The number of fused-ring (bicyclic) bond motifs is 5. The van der Waals surface area contributed by atoms with Crippen LogP contribution in [0.15, 0.2) is 109 Å². The monoisotopic (exact) mass is 553 g/mol. The van der Waals surface area contributed by atoms with Crippen LogP contribution in [-0.4, -0.2) is 11.7 Å². The van der Waals surface area contributed by atoms with Crippen molar-refractivity contribution in [2.24, 2.45) is 0 Å². The summed E-state index contributed by atoms with van der Waals surface area (Å²) in [5, 5.41) is 6.19. The zero-order valence-electron chi connectivity index (χ0n) is 25.9. The summed E-state index contributed by atoms with van der Waals surface area (Å²) in [5.74, 6) is 0. The van der Waals surface area contributed by atoms with Crippen molar-refractivity contribution < 1.29 is 0 Å². The van der Waals surface area contributed by atoms with E-state index in [-0.39, 0.29) is 6.71 Å². The summed E-state index contributed by atoms with van der Waals surface area (Å²) < 4.78 is 0. The van der Waals surface area contributed by atoms with Crippen LogP contribution >= 0.6 is 0 Å². The van der Waals surface area contributed by atoms with Gasteiger partial charge in [-0.05, 0) is 69.5 Å². The van der Waals surface area contributed by atoms with Gasteiger partial charge in [-0.1, -0.05) is 147 Å². The maximum Gasteiger partial charge on any atom is 0.242 e. The highest BCUT2D eigenvalue weighted by molar-refractivity contribution is 6.96. The van der Waals surface area contributed by atoms with Crippen LogP contribution in [-0.2, 0) is 0 Å². The molecule has 0 spiro atoms. The van der Waals surface area contributed by atoms with Crippen LogP contribution in [0.25, 0.3) is 43.6 Å². The van der Waals surface area contributed by atoms with Crippen LogP contribution in [0.3, 0.4) is 0 Å². The number of nitrogens with zero attached hydrogens (tertiary/aromatic N) is 1. The fourth-order valence-corrected chi connectivity index (χ4v) is 7.53. The van der Waals surface area contributed by atoms with Gasteiger partial charge in [-0.25, -0.2) is 0 Å². The minimum absolute atomic E-state index is 0.148. The van der Waals surface area contributed by atoms with Crippen molar-refractivity contribution in [1.29, 1.82) is 0 Å². The summed E-state index contributed by atoms with van der Waals surface area (Å²) in [4.78, 5) is 4.92. The first-order chi connectivity index (χ1) is 20.8. The first-order valence-corrected chi connectivity index (χ1v) is 15.2. The molecule has 1 heterocycles. The lowest BCUT2D eigenvalue weighted by Gasteiger charge is -2.25. The van der Waals surface area contributed by atoms with Gasteiger partial charge in [0.2, 0.25) is 6.71 Å². The van der Waals surface area contributed by atoms with Gasteiger partial charge in [-0.15, -0.1) is 0 Å². The van der Waals surface area contributed by atoms with Crippen molar-refractivity contribution in [3.63, 3.8) is 0 Å². The van der Waals surface area contributed by atoms with Crippen LogP contribution in [0.4, 0.5) is 0 Å². The van der Waals surface area contributed by atoms with Gasteiger partial charge in [0.25, 0.3) is 0 Å². The van der Waals surface area contributed by atoms with E-state index in [0.717, 1.165) is 5.52 Å². The van der Waals surface area contributed by atoms with E-state index in [1.807, 2.05) is 6.20 Å². The second-order valence-electron chi connectivity index (χ2n) is 12.4. The molecule has 2 heteroatoms. The Kier molecular flexibility index (Phi) is 6.66. The summed E-state index contributed by atoms with van der Waals surface area (Å²) in [6.45, 7) is 13.6. The number of hydrogen-bond donors (Lipinski definition) is 0. The Labute approximate surface area is 255 Å². The van der Waals surface area contributed by atoms with Crippen molar-refractivity contribution in [2.45, 2.75) is 41.5 Å². The van der Waals surface area contributed by atoms with Gasteiger partial charge in [0.1, 0.15) is 0 Å². The molecule has 1 aromatic heterocycles. The lowest BCUT2D eigenvalue weighted by Crippen LogP contribution is -2.55. The second-order valence-corrected chi connectivity index (χ2v) is 12.4. The highest BCUT2D eigenvalue weighted by Crippen LogP contribution is 2.33. The zero-order chi connectivity index (χ0) is 29.8. The molecule has 1 nitrogen and oxygen atoms in total. The van der Waals surface area contributed by atoms with E-state index < -0.39 is 0 Å². The van der Waals surface area contributed by atoms with Crippen LogP contribution in [0.2, 0.25) is 0 Å². The molecule has 0 radical (unpaired) electrons. The minimum atomic E-state index is 0.148. The van der Waals surface area contributed by atoms with Gasteiger partial charge in [-0.3, -0.25) is 4.98 Å². The molecule has 0 fully saturated rings. The van der Waals surface area contributed by atoms with E-state index in [0.29, 0.717) is 0 Å². The highest BCUT2D eigenvalue weighted by Gasteiger charge is 2.28. The largest absolute Gasteiger partial charge is 0.256 e. The third-order valence-electron chi connectivity index (χ3n) is 9.18. The summed E-state index contributed by atoms with van der Waals surface area (Å²) in [6, 6.07) is 38.3. The van der Waals surface area contributed by atoms with Gasteiger partial charge in [0.05, 0.1) is 5.52 Å². The van der Waals surface area contributed by atoms with E-state index in [1.54, 1.807) is 0 Å². The molecule has 0 atom stereocenters. The molecule has 208 valence electrons. The zero-order valence-corrected chi connectivity index (χ0v) is 25.9. The summed E-state index contributed by atoms with van der Waals surface area (Å²) in [6.07, 6.45) is 2.02. The molecule has 0 amide bonds. The third kappa shape index (κ3) is 4.72. The van der Waals surface area contributed by atoms with E-state index >= 15 is 0 Å². The molecule has 0 bridgehead atoms.